The molecule has 0 aromatic rings. The summed E-state index contributed by atoms with van der Waals surface area (Å²) in [5, 5.41) is 2.49. The molecule has 0 bridgehead atoms. The Morgan fingerprint density at radius 3 is 2.33 bits per heavy atom. The Balaban J connectivity index is 4.12. The molecule has 3 nitrogen and oxygen atoms in total. The number of amides is 1. The van der Waals surface area contributed by atoms with Crippen molar-refractivity contribution in [3.63, 3.8) is 0 Å². The summed E-state index contributed by atoms with van der Waals surface area (Å²) < 4.78 is 0. The van der Waals surface area contributed by atoms with Gasteiger partial charge in [0.15, 0.2) is 0 Å². The van der Waals surface area contributed by atoms with Crippen molar-refractivity contribution in [3.8, 4) is 0 Å². The molecule has 0 aromatic heterocycles. The topological polar surface area (TPSA) is 55.1 Å². The molecule has 0 aromatic carbocycles. The van der Waals surface area contributed by atoms with Crippen molar-refractivity contribution in [3.05, 3.63) is 11.8 Å². The Labute approximate surface area is 74.0 Å². The van der Waals surface area contributed by atoms with Gasteiger partial charge in [-0.15, -0.1) is 0 Å². The van der Waals surface area contributed by atoms with Crippen molar-refractivity contribution in [2.24, 2.45) is 11.1 Å². The number of allylic oxidation sites excluding steroid dienone is 1. The molecular formula is C9H18N2O. The maximum atomic E-state index is 10.8. The Hall–Kier alpha value is -0.990. The van der Waals surface area contributed by atoms with E-state index in [4.69, 9.17) is 5.73 Å². The van der Waals surface area contributed by atoms with Gasteiger partial charge in [-0.05, 0) is 11.8 Å². The maximum Gasteiger partial charge on any atom is 0.245 e. The van der Waals surface area contributed by atoms with Gasteiger partial charge in [-0.25, -0.2) is 0 Å². The van der Waals surface area contributed by atoms with Crippen LogP contribution in [-0.4, -0.2) is 13.0 Å². The molecule has 1 amide bonds. The van der Waals surface area contributed by atoms with Crippen LogP contribution in [0.25, 0.3) is 0 Å². The molecule has 0 saturated heterocycles. The van der Waals surface area contributed by atoms with Crippen LogP contribution in [0.2, 0.25) is 0 Å². The highest BCUT2D eigenvalue weighted by atomic mass is 16.1. The fourth-order valence-electron chi connectivity index (χ4n) is 0.904. The molecule has 0 atom stereocenters. The molecule has 0 heterocycles. The van der Waals surface area contributed by atoms with Crippen LogP contribution in [0.3, 0.4) is 0 Å². The van der Waals surface area contributed by atoms with Crippen LogP contribution in [-0.2, 0) is 4.79 Å². The molecule has 3 N–H and O–H groups in total. The molecule has 0 rings (SSSR count). The molecule has 3 heteroatoms. The summed E-state index contributed by atoms with van der Waals surface area (Å²) >= 11 is 0. The van der Waals surface area contributed by atoms with E-state index in [1.54, 1.807) is 7.05 Å². The van der Waals surface area contributed by atoms with Crippen LogP contribution in [0.1, 0.15) is 27.2 Å². The van der Waals surface area contributed by atoms with E-state index in [0.717, 1.165) is 6.42 Å². The highest BCUT2D eigenvalue weighted by Crippen LogP contribution is 2.21. The Bertz CT molecular complexity index is 189. The SMILES string of the molecule is CNC(=O)C=C(N)CC(C)(C)C. The number of likely N-dealkylation sites (N-methyl/N-ethyl adjacent to an activating group) is 1. The third-order valence-electron chi connectivity index (χ3n) is 1.30. The average Bonchev–Trinajstić information content (AvgIpc) is 1.82. The van der Waals surface area contributed by atoms with Gasteiger partial charge in [0, 0.05) is 18.8 Å². The standard InChI is InChI=1S/C9H18N2O/c1-9(2,3)6-7(10)5-8(12)11-4/h5H,6,10H2,1-4H3,(H,11,12). The van der Waals surface area contributed by atoms with Gasteiger partial charge in [-0.2, -0.15) is 0 Å². The third kappa shape index (κ3) is 5.77. The van der Waals surface area contributed by atoms with Crippen molar-refractivity contribution in [1.82, 2.24) is 5.32 Å². The second-order valence-electron chi connectivity index (χ2n) is 4.07. The Morgan fingerprint density at radius 1 is 1.50 bits per heavy atom. The zero-order valence-electron chi connectivity index (χ0n) is 8.27. The van der Waals surface area contributed by atoms with Crippen LogP contribution in [0, 0.1) is 5.41 Å². The largest absolute Gasteiger partial charge is 0.402 e. The van der Waals surface area contributed by atoms with E-state index < -0.39 is 0 Å². The lowest BCUT2D eigenvalue weighted by molar-refractivity contribution is -0.116. The number of hydrogen-bond acceptors (Lipinski definition) is 2. The number of carbonyl (C=O) groups is 1. The smallest absolute Gasteiger partial charge is 0.245 e. The number of carbonyl (C=O) groups excluding carboxylic acids is 1. The first kappa shape index (κ1) is 11.0. The highest BCUT2D eigenvalue weighted by molar-refractivity contribution is 5.87. The van der Waals surface area contributed by atoms with Crippen molar-refractivity contribution in [2.75, 3.05) is 7.05 Å². The molecule has 0 aliphatic carbocycles. The minimum Gasteiger partial charge on any atom is -0.402 e. The van der Waals surface area contributed by atoms with Crippen molar-refractivity contribution < 1.29 is 4.79 Å². The molecule has 12 heavy (non-hydrogen) atoms. The van der Waals surface area contributed by atoms with Gasteiger partial charge in [-0.3, -0.25) is 4.79 Å². The Kier molecular flexibility index (Phi) is 3.80. The molecular weight excluding hydrogens is 152 g/mol. The molecule has 0 aliphatic rings. The summed E-state index contributed by atoms with van der Waals surface area (Å²) in [5.41, 5.74) is 6.40. The molecule has 0 fully saturated rings. The predicted molar refractivity (Wildman–Crippen MR) is 50.4 cm³/mol. The van der Waals surface area contributed by atoms with Gasteiger partial charge >= 0.3 is 0 Å². The molecule has 0 spiro atoms. The second-order valence-corrected chi connectivity index (χ2v) is 4.07. The minimum atomic E-state index is -0.142. The van der Waals surface area contributed by atoms with Crippen molar-refractivity contribution in [1.29, 1.82) is 0 Å². The quantitative estimate of drug-likeness (QED) is 0.608. The number of nitrogens with two attached hydrogens (primary N) is 1. The minimum absolute atomic E-state index is 0.134. The van der Waals surface area contributed by atoms with Crippen molar-refractivity contribution in [2.45, 2.75) is 27.2 Å². The van der Waals surface area contributed by atoms with E-state index >= 15 is 0 Å². The summed E-state index contributed by atoms with van der Waals surface area (Å²) in [6, 6.07) is 0. The summed E-state index contributed by atoms with van der Waals surface area (Å²) in [6.07, 6.45) is 2.17. The van der Waals surface area contributed by atoms with E-state index in [1.807, 2.05) is 0 Å². The van der Waals surface area contributed by atoms with E-state index in [0.29, 0.717) is 5.70 Å². The second kappa shape index (κ2) is 4.14. The van der Waals surface area contributed by atoms with Gasteiger partial charge in [0.2, 0.25) is 5.91 Å². The fraction of sp³-hybridized carbons (Fsp3) is 0.667. The lowest BCUT2D eigenvalue weighted by Crippen LogP contribution is -2.18. The van der Waals surface area contributed by atoms with E-state index in [1.165, 1.54) is 6.08 Å². The predicted octanol–water partition coefficient (Wildman–Crippen LogP) is 1.01. The van der Waals surface area contributed by atoms with Crippen LogP contribution >= 0.6 is 0 Å². The third-order valence-corrected chi connectivity index (χ3v) is 1.30. The average molecular weight is 170 g/mol. The maximum absolute atomic E-state index is 10.8. The Morgan fingerprint density at radius 2 is 2.00 bits per heavy atom. The van der Waals surface area contributed by atoms with Crippen LogP contribution in [0.4, 0.5) is 0 Å². The molecule has 0 saturated carbocycles. The molecule has 0 aliphatic heterocycles. The lowest BCUT2D eigenvalue weighted by Gasteiger charge is -2.17. The zero-order chi connectivity index (χ0) is 9.78. The van der Waals surface area contributed by atoms with E-state index in [9.17, 15) is 4.79 Å². The van der Waals surface area contributed by atoms with Gasteiger partial charge in [0.05, 0.1) is 0 Å². The first-order chi connectivity index (χ1) is 5.35. The zero-order valence-corrected chi connectivity index (χ0v) is 8.27. The first-order valence-corrected chi connectivity index (χ1v) is 4.03. The van der Waals surface area contributed by atoms with E-state index in [2.05, 4.69) is 26.1 Å². The van der Waals surface area contributed by atoms with Crippen LogP contribution < -0.4 is 11.1 Å². The highest BCUT2D eigenvalue weighted by Gasteiger charge is 2.11. The number of nitrogens with one attached hydrogen (secondary N) is 1. The van der Waals surface area contributed by atoms with Gasteiger partial charge in [-0.1, -0.05) is 20.8 Å². The van der Waals surface area contributed by atoms with Crippen LogP contribution in [0.5, 0.6) is 0 Å². The first-order valence-electron chi connectivity index (χ1n) is 4.03. The summed E-state index contributed by atoms with van der Waals surface area (Å²) in [6.45, 7) is 6.24. The van der Waals surface area contributed by atoms with Crippen LogP contribution in [0.15, 0.2) is 11.8 Å². The van der Waals surface area contributed by atoms with Gasteiger partial charge in [0.1, 0.15) is 0 Å². The van der Waals surface area contributed by atoms with Crippen molar-refractivity contribution >= 4 is 5.91 Å². The fourth-order valence-corrected chi connectivity index (χ4v) is 0.904. The normalized spacial score (nSPS) is 12.8. The number of rotatable bonds is 2. The lowest BCUT2D eigenvalue weighted by atomic mass is 9.90. The summed E-state index contributed by atoms with van der Waals surface area (Å²) in [7, 11) is 1.59. The summed E-state index contributed by atoms with van der Waals surface area (Å²) in [4.78, 5) is 10.8. The van der Waals surface area contributed by atoms with E-state index in [-0.39, 0.29) is 11.3 Å². The monoisotopic (exact) mass is 170 g/mol. The van der Waals surface area contributed by atoms with Gasteiger partial charge < -0.3 is 11.1 Å². The molecule has 0 radical (unpaired) electrons. The molecule has 70 valence electrons. The number of hydrogen-bond donors (Lipinski definition) is 2. The van der Waals surface area contributed by atoms with Gasteiger partial charge in [0.25, 0.3) is 0 Å². The summed E-state index contributed by atoms with van der Waals surface area (Å²) in [5.74, 6) is -0.142. The molecule has 0 unspecified atom stereocenters.